The van der Waals surface area contributed by atoms with Crippen molar-refractivity contribution in [1.29, 1.82) is 0 Å². The van der Waals surface area contributed by atoms with Crippen LogP contribution in [0.1, 0.15) is 33.2 Å². The van der Waals surface area contributed by atoms with Crippen LogP contribution in [0, 0.1) is 0 Å². The number of hydrazone groups is 1. The molecule has 0 atom stereocenters. The Kier molecular flexibility index (Phi) is 5.64. The molecule has 0 saturated carbocycles. The predicted octanol–water partition coefficient (Wildman–Crippen LogP) is 2.88. The van der Waals surface area contributed by atoms with E-state index in [0.29, 0.717) is 22.5 Å². The van der Waals surface area contributed by atoms with Gasteiger partial charge >= 0.3 is 0 Å². The Morgan fingerprint density at radius 2 is 1.41 bits per heavy atom. The van der Waals surface area contributed by atoms with Gasteiger partial charge in [0.15, 0.2) is 0 Å². The SMILES string of the molecule is C/C(=N/NC(=O)c1cccnc1)c1ccc(NC(=O)c2cccnc2)cc1. The van der Waals surface area contributed by atoms with Crippen molar-refractivity contribution in [3.8, 4) is 0 Å². The number of rotatable bonds is 5. The number of hydrogen-bond donors (Lipinski definition) is 2. The molecule has 0 spiro atoms. The van der Waals surface area contributed by atoms with E-state index < -0.39 is 0 Å². The molecule has 0 saturated heterocycles. The third kappa shape index (κ3) is 4.82. The van der Waals surface area contributed by atoms with Crippen molar-refractivity contribution in [3.05, 3.63) is 90.0 Å². The van der Waals surface area contributed by atoms with Gasteiger partial charge in [-0.3, -0.25) is 19.6 Å². The average molecular weight is 359 g/mol. The molecule has 134 valence electrons. The number of anilines is 1. The topological polar surface area (TPSA) is 96.3 Å². The molecule has 7 heteroatoms. The van der Waals surface area contributed by atoms with Gasteiger partial charge in [0.25, 0.3) is 11.8 Å². The number of carbonyl (C=O) groups excluding carboxylic acids is 2. The molecule has 2 heterocycles. The third-order valence-corrected chi connectivity index (χ3v) is 3.73. The van der Waals surface area contributed by atoms with Gasteiger partial charge in [0, 0.05) is 30.5 Å². The van der Waals surface area contributed by atoms with E-state index in [2.05, 4.69) is 25.8 Å². The summed E-state index contributed by atoms with van der Waals surface area (Å²) in [5.74, 6) is -0.562. The van der Waals surface area contributed by atoms with E-state index in [0.717, 1.165) is 5.56 Å². The van der Waals surface area contributed by atoms with Gasteiger partial charge in [0.05, 0.1) is 16.8 Å². The Bertz CT molecular complexity index is 955. The minimum atomic E-state index is -0.331. The molecule has 27 heavy (non-hydrogen) atoms. The minimum Gasteiger partial charge on any atom is -0.322 e. The van der Waals surface area contributed by atoms with Gasteiger partial charge in [-0.1, -0.05) is 12.1 Å². The molecule has 2 N–H and O–H groups in total. The Morgan fingerprint density at radius 3 is 1.96 bits per heavy atom. The molecule has 3 rings (SSSR count). The van der Waals surface area contributed by atoms with E-state index in [1.54, 1.807) is 55.7 Å². The van der Waals surface area contributed by atoms with Crippen molar-refractivity contribution in [3.63, 3.8) is 0 Å². The molecule has 0 aliphatic carbocycles. The summed E-state index contributed by atoms with van der Waals surface area (Å²) in [6.07, 6.45) is 6.19. The largest absolute Gasteiger partial charge is 0.322 e. The summed E-state index contributed by atoms with van der Waals surface area (Å²) in [5, 5.41) is 6.90. The quantitative estimate of drug-likeness (QED) is 0.541. The van der Waals surface area contributed by atoms with Crippen molar-refractivity contribution < 1.29 is 9.59 Å². The first-order valence-electron chi connectivity index (χ1n) is 8.20. The van der Waals surface area contributed by atoms with Crippen LogP contribution in [-0.4, -0.2) is 27.5 Å². The smallest absolute Gasteiger partial charge is 0.272 e. The van der Waals surface area contributed by atoms with Crippen LogP contribution in [0.4, 0.5) is 5.69 Å². The number of nitrogens with zero attached hydrogens (tertiary/aromatic N) is 3. The maximum atomic E-state index is 12.1. The summed E-state index contributed by atoms with van der Waals surface area (Å²) in [5.41, 5.74) is 5.52. The number of nitrogens with one attached hydrogen (secondary N) is 2. The maximum absolute atomic E-state index is 12.1. The zero-order chi connectivity index (χ0) is 19.1. The van der Waals surface area contributed by atoms with Crippen LogP contribution < -0.4 is 10.7 Å². The Hall–Kier alpha value is -3.87. The molecular formula is C20H17N5O2. The zero-order valence-corrected chi connectivity index (χ0v) is 14.6. The van der Waals surface area contributed by atoms with Gasteiger partial charge in [0.1, 0.15) is 0 Å². The lowest BCUT2D eigenvalue weighted by Crippen LogP contribution is -2.19. The Morgan fingerprint density at radius 1 is 0.815 bits per heavy atom. The van der Waals surface area contributed by atoms with E-state index >= 15 is 0 Å². The highest BCUT2D eigenvalue weighted by Gasteiger charge is 2.07. The second kappa shape index (κ2) is 8.48. The predicted molar refractivity (Wildman–Crippen MR) is 103 cm³/mol. The third-order valence-electron chi connectivity index (χ3n) is 3.73. The molecule has 2 aromatic heterocycles. The lowest BCUT2D eigenvalue weighted by molar-refractivity contribution is 0.0953. The summed E-state index contributed by atoms with van der Waals surface area (Å²) in [6, 6.07) is 13.9. The average Bonchev–Trinajstić information content (AvgIpc) is 2.73. The lowest BCUT2D eigenvalue weighted by Gasteiger charge is -2.07. The first-order chi connectivity index (χ1) is 13.1. The van der Waals surface area contributed by atoms with Crippen molar-refractivity contribution in [2.45, 2.75) is 6.92 Å². The highest BCUT2D eigenvalue weighted by atomic mass is 16.2. The fourth-order valence-corrected chi connectivity index (χ4v) is 2.26. The number of aromatic nitrogens is 2. The van der Waals surface area contributed by atoms with Crippen LogP contribution in [0.5, 0.6) is 0 Å². The zero-order valence-electron chi connectivity index (χ0n) is 14.6. The number of carbonyl (C=O) groups is 2. The fraction of sp³-hybridized carbons (Fsp3) is 0.0500. The standard InChI is InChI=1S/C20H17N5O2/c1-14(24-25-20(27)17-5-3-11-22-13-17)15-6-8-18(9-7-15)23-19(26)16-4-2-10-21-12-16/h2-13H,1H3,(H,23,26)(H,25,27)/b24-14-. The number of benzene rings is 1. The minimum absolute atomic E-state index is 0.232. The van der Waals surface area contributed by atoms with Gasteiger partial charge in [-0.15, -0.1) is 0 Å². The van der Waals surface area contributed by atoms with Gasteiger partial charge in [-0.05, 0) is 48.9 Å². The van der Waals surface area contributed by atoms with Crippen LogP contribution >= 0.6 is 0 Å². The van der Waals surface area contributed by atoms with E-state index in [9.17, 15) is 9.59 Å². The summed E-state index contributed by atoms with van der Waals surface area (Å²) in [7, 11) is 0. The number of pyridine rings is 2. The van der Waals surface area contributed by atoms with Crippen LogP contribution in [0.25, 0.3) is 0 Å². The molecule has 0 aliphatic rings. The van der Waals surface area contributed by atoms with E-state index in [4.69, 9.17) is 0 Å². The molecule has 0 bridgehead atoms. The van der Waals surface area contributed by atoms with Crippen LogP contribution in [0.2, 0.25) is 0 Å². The van der Waals surface area contributed by atoms with Crippen molar-refractivity contribution in [2.75, 3.05) is 5.32 Å². The first-order valence-corrected chi connectivity index (χ1v) is 8.20. The monoisotopic (exact) mass is 359 g/mol. The molecule has 7 nitrogen and oxygen atoms in total. The van der Waals surface area contributed by atoms with Gasteiger partial charge in [-0.25, -0.2) is 5.43 Å². The molecule has 1 aromatic carbocycles. The summed E-state index contributed by atoms with van der Waals surface area (Å²) in [6.45, 7) is 1.78. The van der Waals surface area contributed by atoms with E-state index in [1.165, 1.54) is 12.4 Å². The van der Waals surface area contributed by atoms with Crippen molar-refractivity contribution >= 4 is 23.2 Å². The van der Waals surface area contributed by atoms with Crippen molar-refractivity contribution in [1.82, 2.24) is 15.4 Å². The normalized spacial score (nSPS) is 10.9. The molecule has 3 aromatic rings. The Balaban J connectivity index is 1.62. The number of hydrogen-bond acceptors (Lipinski definition) is 5. The second-order valence-corrected chi connectivity index (χ2v) is 5.65. The fourth-order valence-electron chi connectivity index (χ4n) is 2.26. The maximum Gasteiger partial charge on any atom is 0.272 e. The molecule has 0 fully saturated rings. The second-order valence-electron chi connectivity index (χ2n) is 5.65. The van der Waals surface area contributed by atoms with Crippen molar-refractivity contribution in [2.24, 2.45) is 5.10 Å². The molecule has 0 unspecified atom stereocenters. The van der Waals surface area contributed by atoms with Gasteiger partial charge < -0.3 is 5.32 Å². The highest BCUT2D eigenvalue weighted by Crippen LogP contribution is 2.12. The molecular weight excluding hydrogens is 342 g/mol. The van der Waals surface area contributed by atoms with Crippen LogP contribution in [-0.2, 0) is 0 Å². The van der Waals surface area contributed by atoms with Crippen LogP contribution in [0.3, 0.4) is 0 Å². The molecule has 0 aliphatic heterocycles. The summed E-state index contributed by atoms with van der Waals surface area (Å²) in [4.78, 5) is 31.9. The Labute approximate surface area is 156 Å². The highest BCUT2D eigenvalue weighted by molar-refractivity contribution is 6.05. The van der Waals surface area contributed by atoms with Gasteiger partial charge in [0.2, 0.25) is 0 Å². The summed E-state index contributed by atoms with van der Waals surface area (Å²) < 4.78 is 0. The molecule has 0 radical (unpaired) electrons. The number of amides is 2. The van der Waals surface area contributed by atoms with Crippen LogP contribution in [0.15, 0.2) is 78.4 Å². The van der Waals surface area contributed by atoms with E-state index in [1.807, 2.05) is 12.1 Å². The lowest BCUT2D eigenvalue weighted by atomic mass is 10.1. The summed E-state index contributed by atoms with van der Waals surface area (Å²) >= 11 is 0. The first kappa shape index (κ1) is 17.9. The van der Waals surface area contributed by atoms with Gasteiger partial charge in [-0.2, -0.15) is 5.10 Å². The molecule has 2 amide bonds. The van der Waals surface area contributed by atoms with E-state index in [-0.39, 0.29) is 11.8 Å².